The predicted octanol–water partition coefficient (Wildman–Crippen LogP) is 3.15. The molecular formula is C19H27NO4. The number of ether oxygens (including phenoxy) is 3. The molecule has 0 heterocycles. The van der Waals surface area contributed by atoms with Gasteiger partial charge in [-0.25, -0.2) is 0 Å². The van der Waals surface area contributed by atoms with Crippen molar-refractivity contribution < 1.29 is 19.0 Å². The van der Waals surface area contributed by atoms with E-state index in [1.165, 1.54) is 25.7 Å². The fraction of sp³-hybridized carbons (Fsp3) is 0.632. The van der Waals surface area contributed by atoms with Gasteiger partial charge in [0.1, 0.15) is 5.75 Å². The standard InChI is InChI=1S/C19H27NO4/c1-22-16-10-18(24-3)17(23-2)8-15(16)11-20-19(21)9-14-7-12-4-5-13(14)6-12/h8,10,12-14H,4-7,9,11H2,1-3H3,(H,20,21)/t12-,13-,14-/m1/s1. The maximum Gasteiger partial charge on any atom is 0.220 e. The lowest BCUT2D eigenvalue weighted by atomic mass is 9.86. The van der Waals surface area contributed by atoms with Crippen LogP contribution in [0.5, 0.6) is 17.2 Å². The molecule has 1 aromatic rings. The third-order valence-electron chi connectivity index (χ3n) is 5.59. The molecule has 5 nitrogen and oxygen atoms in total. The number of carbonyl (C=O) groups is 1. The zero-order valence-corrected chi connectivity index (χ0v) is 14.8. The van der Waals surface area contributed by atoms with Gasteiger partial charge in [-0.05, 0) is 43.1 Å². The molecule has 3 atom stereocenters. The molecule has 0 aromatic heterocycles. The molecule has 3 rings (SSSR count). The summed E-state index contributed by atoms with van der Waals surface area (Å²) in [5, 5.41) is 3.03. The average Bonchev–Trinajstić information content (AvgIpc) is 3.21. The monoisotopic (exact) mass is 333 g/mol. The first-order valence-electron chi connectivity index (χ1n) is 8.70. The van der Waals surface area contributed by atoms with E-state index in [0.29, 0.717) is 36.1 Å². The van der Waals surface area contributed by atoms with Crippen molar-refractivity contribution in [2.24, 2.45) is 17.8 Å². The number of fused-ring (bicyclic) bond motifs is 2. The van der Waals surface area contributed by atoms with E-state index in [1.807, 2.05) is 6.07 Å². The van der Waals surface area contributed by atoms with Gasteiger partial charge in [-0.3, -0.25) is 4.79 Å². The lowest BCUT2D eigenvalue weighted by Gasteiger charge is -2.21. The molecule has 2 fully saturated rings. The molecule has 2 aliphatic carbocycles. The Morgan fingerprint density at radius 1 is 1.04 bits per heavy atom. The van der Waals surface area contributed by atoms with Gasteiger partial charge in [0.25, 0.3) is 0 Å². The van der Waals surface area contributed by atoms with E-state index in [0.717, 1.165) is 17.4 Å². The lowest BCUT2D eigenvalue weighted by Crippen LogP contribution is -2.27. The van der Waals surface area contributed by atoms with Crippen molar-refractivity contribution in [3.8, 4) is 17.2 Å². The highest BCUT2D eigenvalue weighted by molar-refractivity contribution is 5.76. The molecule has 0 unspecified atom stereocenters. The zero-order chi connectivity index (χ0) is 17.1. The molecule has 2 aliphatic rings. The fourth-order valence-corrected chi connectivity index (χ4v) is 4.36. The van der Waals surface area contributed by atoms with Crippen LogP contribution in [0.1, 0.15) is 37.7 Å². The number of methoxy groups -OCH3 is 3. The second-order valence-electron chi connectivity index (χ2n) is 6.93. The summed E-state index contributed by atoms with van der Waals surface area (Å²) in [5.74, 6) is 4.30. The van der Waals surface area contributed by atoms with Gasteiger partial charge >= 0.3 is 0 Å². The van der Waals surface area contributed by atoms with Crippen LogP contribution in [0.2, 0.25) is 0 Å². The van der Waals surface area contributed by atoms with Gasteiger partial charge in [0.2, 0.25) is 5.91 Å². The van der Waals surface area contributed by atoms with Gasteiger partial charge < -0.3 is 19.5 Å². The highest BCUT2D eigenvalue weighted by Crippen LogP contribution is 2.49. The normalized spacial score (nSPS) is 24.7. The molecule has 2 saturated carbocycles. The van der Waals surface area contributed by atoms with E-state index in [1.54, 1.807) is 27.4 Å². The summed E-state index contributed by atoms with van der Waals surface area (Å²) in [4.78, 5) is 12.3. The largest absolute Gasteiger partial charge is 0.496 e. The van der Waals surface area contributed by atoms with E-state index in [-0.39, 0.29) is 5.91 Å². The Hall–Kier alpha value is -1.91. The summed E-state index contributed by atoms with van der Waals surface area (Å²) < 4.78 is 16.0. The maximum absolute atomic E-state index is 12.3. The van der Waals surface area contributed by atoms with Gasteiger partial charge in [-0.1, -0.05) is 6.42 Å². The van der Waals surface area contributed by atoms with Crippen molar-refractivity contribution in [2.45, 2.75) is 38.6 Å². The van der Waals surface area contributed by atoms with Gasteiger partial charge in [0.05, 0.1) is 21.3 Å². The minimum atomic E-state index is 0.129. The van der Waals surface area contributed by atoms with Crippen molar-refractivity contribution in [2.75, 3.05) is 21.3 Å². The van der Waals surface area contributed by atoms with Crippen LogP contribution in [0, 0.1) is 17.8 Å². The van der Waals surface area contributed by atoms with E-state index >= 15 is 0 Å². The maximum atomic E-state index is 12.3. The smallest absolute Gasteiger partial charge is 0.220 e. The fourth-order valence-electron chi connectivity index (χ4n) is 4.36. The summed E-state index contributed by atoms with van der Waals surface area (Å²) in [6.45, 7) is 0.434. The average molecular weight is 333 g/mol. The Balaban J connectivity index is 1.60. The Labute approximate surface area is 143 Å². The highest BCUT2D eigenvalue weighted by atomic mass is 16.5. The van der Waals surface area contributed by atoms with Crippen LogP contribution in [0.15, 0.2) is 12.1 Å². The molecule has 1 aromatic carbocycles. The summed E-state index contributed by atoms with van der Waals surface area (Å²) in [6.07, 6.45) is 5.90. The molecule has 0 radical (unpaired) electrons. The Bertz CT molecular complexity index is 601. The Morgan fingerprint density at radius 3 is 2.33 bits per heavy atom. The SMILES string of the molecule is COc1cc(OC)c(OC)cc1CNC(=O)C[C@H]1C[C@@H]2CC[C@@H]1C2. The van der Waals surface area contributed by atoms with E-state index in [2.05, 4.69) is 5.32 Å². The van der Waals surface area contributed by atoms with Crippen LogP contribution in [-0.4, -0.2) is 27.2 Å². The summed E-state index contributed by atoms with van der Waals surface area (Å²) in [5.41, 5.74) is 0.886. The molecule has 5 heteroatoms. The zero-order valence-electron chi connectivity index (χ0n) is 14.8. The molecule has 0 spiro atoms. The van der Waals surface area contributed by atoms with Crippen LogP contribution in [-0.2, 0) is 11.3 Å². The topological polar surface area (TPSA) is 56.8 Å². The van der Waals surface area contributed by atoms with Crippen LogP contribution < -0.4 is 19.5 Å². The predicted molar refractivity (Wildman–Crippen MR) is 91.5 cm³/mol. The highest BCUT2D eigenvalue weighted by Gasteiger charge is 2.40. The first-order chi connectivity index (χ1) is 11.6. The summed E-state index contributed by atoms with van der Waals surface area (Å²) in [7, 11) is 4.80. The number of carbonyl (C=O) groups excluding carboxylic acids is 1. The van der Waals surface area contributed by atoms with Crippen molar-refractivity contribution in [1.29, 1.82) is 0 Å². The van der Waals surface area contributed by atoms with Gasteiger partial charge in [-0.2, -0.15) is 0 Å². The van der Waals surface area contributed by atoms with Crippen molar-refractivity contribution in [3.63, 3.8) is 0 Å². The minimum Gasteiger partial charge on any atom is -0.496 e. The summed E-state index contributed by atoms with van der Waals surface area (Å²) in [6, 6.07) is 3.64. The minimum absolute atomic E-state index is 0.129. The number of benzene rings is 1. The number of hydrogen-bond donors (Lipinski definition) is 1. The summed E-state index contributed by atoms with van der Waals surface area (Å²) >= 11 is 0. The first kappa shape index (κ1) is 16.9. The van der Waals surface area contributed by atoms with E-state index in [9.17, 15) is 4.79 Å². The van der Waals surface area contributed by atoms with Crippen molar-refractivity contribution >= 4 is 5.91 Å². The van der Waals surface area contributed by atoms with Crippen LogP contribution in [0.3, 0.4) is 0 Å². The van der Waals surface area contributed by atoms with Crippen molar-refractivity contribution in [1.82, 2.24) is 5.32 Å². The van der Waals surface area contributed by atoms with Gasteiger partial charge in [-0.15, -0.1) is 0 Å². The molecule has 132 valence electrons. The third kappa shape index (κ3) is 3.45. The molecule has 0 aliphatic heterocycles. The molecule has 0 saturated heterocycles. The number of rotatable bonds is 7. The molecule has 24 heavy (non-hydrogen) atoms. The number of amides is 1. The first-order valence-corrected chi connectivity index (χ1v) is 8.70. The Kier molecular flexibility index (Phi) is 5.17. The number of hydrogen-bond acceptors (Lipinski definition) is 4. The van der Waals surface area contributed by atoms with Gasteiger partial charge in [0.15, 0.2) is 11.5 Å². The van der Waals surface area contributed by atoms with Crippen LogP contribution in [0.25, 0.3) is 0 Å². The lowest BCUT2D eigenvalue weighted by molar-refractivity contribution is -0.122. The van der Waals surface area contributed by atoms with E-state index in [4.69, 9.17) is 14.2 Å². The van der Waals surface area contributed by atoms with E-state index < -0.39 is 0 Å². The van der Waals surface area contributed by atoms with Crippen molar-refractivity contribution in [3.05, 3.63) is 17.7 Å². The second kappa shape index (κ2) is 7.32. The molecule has 1 N–H and O–H groups in total. The third-order valence-corrected chi connectivity index (χ3v) is 5.59. The molecular weight excluding hydrogens is 306 g/mol. The second-order valence-corrected chi connectivity index (χ2v) is 6.93. The number of nitrogens with one attached hydrogen (secondary N) is 1. The molecule has 2 bridgehead atoms. The quantitative estimate of drug-likeness (QED) is 0.833. The molecule has 1 amide bonds. The van der Waals surface area contributed by atoms with Crippen LogP contribution in [0.4, 0.5) is 0 Å². The van der Waals surface area contributed by atoms with Crippen LogP contribution >= 0.6 is 0 Å². The van der Waals surface area contributed by atoms with Gasteiger partial charge in [0, 0.05) is 24.6 Å². The Morgan fingerprint density at radius 2 is 1.75 bits per heavy atom.